The summed E-state index contributed by atoms with van der Waals surface area (Å²) in [4.78, 5) is 0. The van der Waals surface area contributed by atoms with Crippen molar-refractivity contribution in [1.29, 1.82) is 0 Å². The van der Waals surface area contributed by atoms with Crippen LogP contribution in [0.2, 0.25) is 0 Å². The Morgan fingerprint density at radius 3 is 2.08 bits per heavy atom. The molecule has 3 aromatic rings. The van der Waals surface area contributed by atoms with E-state index in [1.165, 1.54) is 32.3 Å². The van der Waals surface area contributed by atoms with Crippen molar-refractivity contribution in [2.45, 2.75) is 25.7 Å². The molecule has 0 amide bonds. The molecular formula is C24H19Br. The lowest BCUT2D eigenvalue weighted by molar-refractivity contribution is 0.914. The van der Waals surface area contributed by atoms with E-state index in [0.29, 0.717) is 0 Å². The van der Waals surface area contributed by atoms with Gasteiger partial charge in [0.1, 0.15) is 0 Å². The first-order valence-electron chi connectivity index (χ1n) is 8.74. The second-order valence-electron chi connectivity index (χ2n) is 6.53. The Morgan fingerprint density at radius 1 is 0.640 bits per heavy atom. The van der Waals surface area contributed by atoms with Crippen LogP contribution in [0.4, 0.5) is 0 Å². The molecule has 25 heavy (non-hydrogen) atoms. The van der Waals surface area contributed by atoms with Gasteiger partial charge in [-0.3, -0.25) is 0 Å². The van der Waals surface area contributed by atoms with Gasteiger partial charge < -0.3 is 0 Å². The Hall–Kier alpha value is -2.30. The first-order chi connectivity index (χ1) is 12.3. The molecule has 0 nitrogen and oxygen atoms in total. The summed E-state index contributed by atoms with van der Waals surface area (Å²) in [6.07, 6.45) is 4.15. The number of hydrogen-bond donors (Lipinski definition) is 0. The maximum atomic E-state index is 3.73. The van der Waals surface area contributed by atoms with Crippen molar-refractivity contribution < 1.29 is 0 Å². The van der Waals surface area contributed by atoms with Crippen molar-refractivity contribution in [3.05, 3.63) is 105 Å². The molecule has 1 heteroatoms. The summed E-state index contributed by atoms with van der Waals surface area (Å²) >= 11 is 3.73. The molecule has 0 fully saturated rings. The van der Waals surface area contributed by atoms with Crippen LogP contribution in [-0.2, 0) is 25.7 Å². The van der Waals surface area contributed by atoms with E-state index in [4.69, 9.17) is 0 Å². The first-order valence-corrected chi connectivity index (χ1v) is 9.53. The molecule has 0 aliphatic heterocycles. The molecule has 7 rings (SSSR count). The third-order valence-electron chi connectivity index (χ3n) is 4.77. The monoisotopic (exact) mass is 386 g/mol. The maximum Gasteiger partial charge on any atom is 0.0283 e. The van der Waals surface area contributed by atoms with Crippen molar-refractivity contribution in [3.8, 4) is 11.8 Å². The maximum absolute atomic E-state index is 3.73. The standard InChI is InChI=1S/C24H19Br/c25-24-17-20-8-12-21-11-7-19(9-13-22(24)14-10-20)16-23(21)15-6-18-4-2-1-3-5-18/h1-5,7,10-11,14,16-17H,8-9,12-13H2. The highest BCUT2D eigenvalue weighted by atomic mass is 79.9. The van der Waals surface area contributed by atoms with Crippen molar-refractivity contribution in [1.82, 2.24) is 0 Å². The van der Waals surface area contributed by atoms with E-state index >= 15 is 0 Å². The molecule has 0 N–H and O–H groups in total. The van der Waals surface area contributed by atoms with E-state index in [2.05, 4.69) is 76.3 Å². The zero-order valence-electron chi connectivity index (χ0n) is 14.1. The van der Waals surface area contributed by atoms with E-state index < -0.39 is 0 Å². The normalized spacial score (nSPS) is 12.8. The van der Waals surface area contributed by atoms with Gasteiger partial charge in [-0.2, -0.15) is 0 Å². The SMILES string of the molecule is Brc1cc2ccc1CCc1ccc(c(C#Cc3ccccc3)c1)CC2. The van der Waals surface area contributed by atoms with E-state index in [1.807, 2.05) is 18.2 Å². The van der Waals surface area contributed by atoms with Crippen LogP contribution >= 0.6 is 15.9 Å². The highest BCUT2D eigenvalue weighted by molar-refractivity contribution is 9.10. The van der Waals surface area contributed by atoms with E-state index in [9.17, 15) is 0 Å². The van der Waals surface area contributed by atoms with Gasteiger partial charge >= 0.3 is 0 Å². The zero-order chi connectivity index (χ0) is 17.1. The van der Waals surface area contributed by atoms with E-state index in [0.717, 1.165) is 31.2 Å². The predicted octanol–water partition coefficient (Wildman–Crippen LogP) is 5.73. The number of hydrogen-bond acceptors (Lipinski definition) is 0. The number of halogens is 1. The van der Waals surface area contributed by atoms with Crippen LogP contribution in [0.15, 0.2) is 71.2 Å². The summed E-state index contributed by atoms with van der Waals surface area (Å²) in [5.74, 6) is 6.74. The topological polar surface area (TPSA) is 0 Å². The molecule has 4 aliphatic carbocycles. The average molecular weight is 387 g/mol. The molecular weight excluding hydrogens is 368 g/mol. The van der Waals surface area contributed by atoms with Crippen LogP contribution in [0.3, 0.4) is 0 Å². The van der Waals surface area contributed by atoms with Gasteiger partial charge in [0.25, 0.3) is 0 Å². The zero-order valence-corrected chi connectivity index (χ0v) is 15.6. The molecule has 0 atom stereocenters. The third kappa shape index (κ3) is 3.86. The summed E-state index contributed by atoms with van der Waals surface area (Å²) in [5.41, 5.74) is 7.70. The Kier molecular flexibility index (Phi) is 4.72. The Bertz CT molecular complexity index is 958. The van der Waals surface area contributed by atoms with E-state index in [-0.39, 0.29) is 0 Å². The molecule has 4 aliphatic rings. The van der Waals surface area contributed by atoms with Crippen LogP contribution in [0.25, 0.3) is 0 Å². The van der Waals surface area contributed by atoms with Gasteiger partial charge in [0.05, 0.1) is 0 Å². The molecule has 0 heterocycles. The van der Waals surface area contributed by atoms with Crippen LogP contribution in [-0.4, -0.2) is 0 Å². The molecule has 0 unspecified atom stereocenters. The number of rotatable bonds is 0. The Morgan fingerprint density at radius 2 is 1.32 bits per heavy atom. The lowest BCUT2D eigenvalue weighted by Gasteiger charge is -2.13. The largest absolute Gasteiger partial charge is 0.0622 e. The number of benzene rings is 3. The van der Waals surface area contributed by atoms with Crippen molar-refractivity contribution in [2.75, 3.05) is 0 Å². The van der Waals surface area contributed by atoms with Crippen LogP contribution < -0.4 is 0 Å². The lowest BCUT2D eigenvalue weighted by atomic mass is 9.93. The fourth-order valence-electron chi connectivity index (χ4n) is 3.28. The molecule has 0 radical (unpaired) electrons. The third-order valence-corrected chi connectivity index (χ3v) is 5.51. The van der Waals surface area contributed by atoms with Crippen LogP contribution in [0.1, 0.15) is 33.4 Å². The summed E-state index contributed by atoms with van der Waals surface area (Å²) in [5, 5.41) is 0. The quantitative estimate of drug-likeness (QED) is 0.432. The molecule has 3 aromatic carbocycles. The summed E-state index contributed by atoms with van der Waals surface area (Å²) in [7, 11) is 0. The number of aryl methyl sites for hydroxylation is 4. The fraction of sp³-hybridized carbons (Fsp3) is 0.167. The first kappa shape index (κ1) is 16.2. The summed E-state index contributed by atoms with van der Waals surface area (Å²) in [6, 6.07) is 23.9. The summed E-state index contributed by atoms with van der Waals surface area (Å²) in [6.45, 7) is 0. The fourth-order valence-corrected chi connectivity index (χ4v) is 3.91. The minimum atomic E-state index is 1.02. The second kappa shape index (κ2) is 7.30. The van der Waals surface area contributed by atoms with Gasteiger partial charge in [-0.1, -0.05) is 70.2 Å². The molecule has 122 valence electrons. The van der Waals surface area contributed by atoms with Crippen molar-refractivity contribution >= 4 is 15.9 Å². The predicted molar refractivity (Wildman–Crippen MR) is 108 cm³/mol. The highest BCUT2D eigenvalue weighted by Crippen LogP contribution is 2.24. The van der Waals surface area contributed by atoms with Gasteiger partial charge in [0, 0.05) is 15.6 Å². The van der Waals surface area contributed by atoms with Crippen LogP contribution in [0.5, 0.6) is 0 Å². The minimum Gasteiger partial charge on any atom is -0.0622 e. The van der Waals surface area contributed by atoms with Gasteiger partial charge in [-0.05, 0) is 72.2 Å². The van der Waals surface area contributed by atoms with E-state index in [1.54, 1.807) is 0 Å². The second-order valence-corrected chi connectivity index (χ2v) is 7.39. The average Bonchev–Trinajstić information content (AvgIpc) is 2.64. The molecule has 0 aromatic heterocycles. The Labute approximate surface area is 158 Å². The van der Waals surface area contributed by atoms with Crippen molar-refractivity contribution in [2.24, 2.45) is 0 Å². The van der Waals surface area contributed by atoms with Gasteiger partial charge in [0.2, 0.25) is 0 Å². The highest BCUT2D eigenvalue weighted by Gasteiger charge is 2.09. The lowest BCUT2D eigenvalue weighted by Crippen LogP contribution is -2.01. The molecule has 0 spiro atoms. The van der Waals surface area contributed by atoms with Crippen LogP contribution in [0, 0.1) is 11.8 Å². The van der Waals surface area contributed by atoms with Gasteiger partial charge in [0.15, 0.2) is 0 Å². The van der Waals surface area contributed by atoms with Gasteiger partial charge in [-0.15, -0.1) is 0 Å². The van der Waals surface area contributed by atoms with Crippen molar-refractivity contribution in [3.63, 3.8) is 0 Å². The smallest absolute Gasteiger partial charge is 0.0283 e. The molecule has 0 saturated carbocycles. The Balaban J connectivity index is 1.71. The summed E-state index contributed by atoms with van der Waals surface area (Å²) < 4.78 is 1.24. The molecule has 4 bridgehead atoms. The van der Waals surface area contributed by atoms with Gasteiger partial charge in [-0.25, -0.2) is 0 Å². The minimum absolute atomic E-state index is 1.02. The molecule has 0 saturated heterocycles.